The van der Waals surface area contributed by atoms with Crippen LogP contribution in [0.3, 0.4) is 0 Å². The minimum absolute atomic E-state index is 0. The Balaban J connectivity index is 0.00000242. The summed E-state index contributed by atoms with van der Waals surface area (Å²) < 4.78 is 0. The Hall–Kier alpha value is -1.79. The summed E-state index contributed by atoms with van der Waals surface area (Å²) in [5.41, 5.74) is 1.21. The normalized spacial score (nSPS) is 15.8. The Morgan fingerprint density at radius 1 is 1.18 bits per heavy atom. The molecule has 2 rings (SSSR count). The first-order valence-corrected chi connectivity index (χ1v) is 7.04. The molecular formula is C15H21ClN2O4. The first-order valence-electron chi connectivity index (χ1n) is 7.04. The monoisotopic (exact) mass is 328 g/mol. The number of amides is 1. The van der Waals surface area contributed by atoms with E-state index in [9.17, 15) is 14.7 Å². The van der Waals surface area contributed by atoms with E-state index in [0.717, 1.165) is 25.9 Å². The highest BCUT2D eigenvalue weighted by molar-refractivity contribution is 5.85. The van der Waals surface area contributed by atoms with Crippen LogP contribution in [0.2, 0.25) is 0 Å². The maximum Gasteiger partial charge on any atom is 0.322 e. The number of phenolic OH excluding ortho intramolecular Hbond substituents is 1. The molecule has 0 unspecified atom stereocenters. The summed E-state index contributed by atoms with van der Waals surface area (Å²) >= 11 is 0. The molecular weight excluding hydrogens is 308 g/mol. The number of carbonyl (C=O) groups is 2. The fraction of sp³-hybridized carbons (Fsp3) is 0.467. The van der Waals surface area contributed by atoms with Gasteiger partial charge in [-0.2, -0.15) is 0 Å². The highest BCUT2D eigenvalue weighted by Crippen LogP contribution is 2.28. The van der Waals surface area contributed by atoms with E-state index in [-0.39, 0.29) is 37.2 Å². The van der Waals surface area contributed by atoms with E-state index in [1.54, 1.807) is 12.1 Å². The number of phenols is 1. The number of rotatable bonds is 5. The van der Waals surface area contributed by atoms with Crippen molar-refractivity contribution >= 4 is 24.3 Å². The lowest BCUT2D eigenvalue weighted by atomic mass is 9.89. The molecule has 0 aromatic heterocycles. The quantitative estimate of drug-likeness (QED) is 0.755. The minimum Gasteiger partial charge on any atom is -0.508 e. The van der Waals surface area contributed by atoms with Gasteiger partial charge in [-0.25, -0.2) is 0 Å². The Bertz CT molecular complexity index is 499. The average Bonchev–Trinajstić information content (AvgIpc) is 2.47. The Morgan fingerprint density at radius 2 is 1.77 bits per heavy atom. The molecule has 0 spiro atoms. The van der Waals surface area contributed by atoms with Gasteiger partial charge in [0.05, 0.1) is 6.54 Å². The number of carboxylic acids is 1. The molecule has 0 saturated carbocycles. The second-order valence-electron chi connectivity index (χ2n) is 5.31. The summed E-state index contributed by atoms with van der Waals surface area (Å²) in [6, 6.07) is 7.27. The number of halogens is 1. The van der Waals surface area contributed by atoms with Crippen LogP contribution in [0.1, 0.15) is 24.3 Å². The standard InChI is InChI=1S/C15H20N2O4.ClH/c18-13-3-1-11(2-4-13)12-5-7-17(8-6-12)10-14(19)16-9-15(20)21;/h1-4,12,18H,5-10H2,(H,16,19)(H,20,21);1H. The van der Waals surface area contributed by atoms with Gasteiger partial charge in [-0.15, -0.1) is 12.4 Å². The van der Waals surface area contributed by atoms with E-state index >= 15 is 0 Å². The van der Waals surface area contributed by atoms with Crippen LogP contribution < -0.4 is 5.32 Å². The molecule has 7 heteroatoms. The van der Waals surface area contributed by atoms with Gasteiger partial charge < -0.3 is 15.5 Å². The smallest absolute Gasteiger partial charge is 0.322 e. The molecule has 0 aliphatic carbocycles. The Morgan fingerprint density at radius 3 is 2.32 bits per heavy atom. The van der Waals surface area contributed by atoms with Crippen molar-refractivity contribution in [2.45, 2.75) is 18.8 Å². The maximum atomic E-state index is 11.6. The number of hydrogen-bond donors (Lipinski definition) is 3. The molecule has 0 bridgehead atoms. The molecule has 0 atom stereocenters. The van der Waals surface area contributed by atoms with Crippen molar-refractivity contribution in [3.63, 3.8) is 0 Å². The first kappa shape index (κ1) is 18.3. The largest absolute Gasteiger partial charge is 0.508 e. The number of benzene rings is 1. The van der Waals surface area contributed by atoms with Crippen molar-refractivity contribution in [2.75, 3.05) is 26.2 Å². The molecule has 1 saturated heterocycles. The number of carboxylic acid groups (broad SMARTS) is 1. The average molecular weight is 329 g/mol. The molecule has 22 heavy (non-hydrogen) atoms. The molecule has 1 aromatic carbocycles. The molecule has 1 aliphatic rings. The molecule has 6 nitrogen and oxygen atoms in total. The van der Waals surface area contributed by atoms with Gasteiger partial charge in [0, 0.05) is 0 Å². The molecule has 1 heterocycles. The summed E-state index contributed by atoms with van der Waals surface area (Å²) in [6.45, 7) is 1.54. The predicted molar refractivity (Wildman–Crippen MR) is 84.4 cm³/mol. The van der Waals surface area contributed by atoms with Crippen LogP contribution in [-0.2, 0) is 9.59 Å². The third kappa shape index (κ3) is 5.54. The number of nitrogens with one attached hydrogen (secondary N) is 1. The van der Waals surface area contributed by atoms with Crippen molar-refractivity contribution in [3.8, 4) is 5.75 Å². The van der Waals surface area contributed by atoms with Crippen LogP contribution in [0.15, 0.2) is 24.3 Å². The maximum absolute atomic E-state index is 11.6. The summed E-state index contributed by atoms with van der Waals surface area (Å²) in [7, 11) is 0. The zero-order valence-corrected chi connectivity index (χ0v) is 13.0. The highest BCUT2D eigenvalue weighted by Gasteiger charge is 2.22. The van der Waals surface area contributed by atoms with Crippen LogP contribution in [0.25, 0.3) is 0 Å². The van der Waals surface area contributed by atoms with Crippen LogP contribution in [0.5, 0.6) is 5.75 Å². The molecule has 1 fully saturated rings. The second kappa shape index (κ2) is 8.60. The van der Waals surface area contributed by atoms with Crippen molar-refractivity contribution in [1.82, 2.24) is 10.2 Å². The van der Waals surface area contributed by atoms with Crippen molar-refractivity contribution in [2.24, 2.45) is 0 Å². The zero-order chi connectivity index (χ0) is 15.2. The highest BCUT2D eigenvalue weighted by atomic mass is 35.5. The van der Waals surface area contributed by atoms with E-state index in [4.69, 9.17) is 5.11 Å². The van der Waals surface area contributed by atoms with Gasteiger partial charge in [-0.1, -0.05) is 12.1 Å². The topological polar surface area (TPSA) is 89.9 Å². The van der Waals surface area contributed by atoms with E-state index in [1.807, 2.05) is 17.0 Å². The number of piperidine rings is 1. The molecule has 1 aliphatic heterocycles. The van der Waals surface area contributed by atoms with Crippen molar-refractivity contribution in [3.05, 3.63) is 29.8 Å². The van der Waals surface area contributed by atoms with E-state index in [0.29, 0.717) is 5.92 Å². The van der Waals surface area contributed by atoms with Crippen LogP contribution in [0, 0.1) is 0 Å². The molecule has 3 N–H and O–H groups in total. The zero-order valence-electron chi connectivity index (χ0n) is 12.2. The molecule has 122 valence electrons. The van der Waals surface area contributed by atoms with Gasteiger partial charge >= 0.3 is 5.97 Å². The number of likely N-dealkylation sites (tertiary alicyclic amines) is 1. The van der Waals surface area contributed by atoms with Crippen LogP contribution in [-0.4, -0.2) is 53.2 Å². The third-order valence-electron chi connectivity index (χ3n) is 3.76. The van der Waals surface area contributed by atoms with E-state index < -0.39 is 5.97 Å². The lowest BCUT2D eigenvalue weighted by Gasteiger charge is -2.31. The fourth-order valence-electron chi connectivity index (χ4n) is 2.60. The van der Waals surface area contributed by atoms with Crippen molar-refractivity contribution in [1.29, 1.82) is 0 Å². The first-order chi connectivity index (χ1) is 10.0. The van der Waals surface area contributed by atoms with Gasteiger partial charge in [-0.05, 0) is 49.5 Å². The fourth-order valence-corrected chi connectivity index (χ4v) is 2.60. The lowest BCUT2D eigenvalue weighted by Crippen LogP contribution is -2.42. The summed E-state index contributed by atoms with van der Waals surface area (Å²) in [4.78, 5) is 24.0. The second-order valence-corrected chi connectivity index (χ2v) is 5.31. The number of nitrogens with zero attached hydrogens (tertiary/aromatic N) is 1. The van der Waals surface area contributed by atoms with Crippen LogP contribution in [0.4, 0.5) is 0 Å². The Kier molecular flexibility index (Phi) is 7.14. The van der Waals surface area contributed by atoms with Gasteiger partial charge in [0.15, 0.2) is 0 Å². The number of aliphatic carboxylic acids is 1. The SMILES string of the molecule is Cl.O=C(O)CNC(=O)CN1CCC(c2ccc(O)cc2)CC1. The minimum atomic E-state index is -1.03. The van der Waals surface area contributed by atoms with Crippen LogP contribution >= 0.6 is 12.4 Å². The molecule has 0 radical (unpaired) electrons. The molecule has 1 amide bonds. The number of carbonyl (C=O) groups excluding carboxylic acids is 1. The van der Waals surface area contributed by atoms with Crippen molar-refractivity contribution < 1.29 is 19.8 Å². The van der Waals surface area contributed by atoms with E-state index in [2.05, 4.69) is 5.32 Å². The Labute approximate surface area is 135 Å². The predicted octanol–water partition coefficient (Wildman–Crippen LogP) is 1.19. The third-order valence-corrected chi connectivity index (χ3v) is 3.76. The summed E-state index contributed by atoms with van der Waals surface area (Å²) in [6.07, 6.45) is 1.91. The van der Waals surface area contributed by atoms with E-state index in [1.165, 1.54) is 5.56 Å². The lowest BCUT2D eigenvalue weighted by molar-refractivity contribution is -0.138. The van der Waals surface area contributed by atoms with Gasteiger partial charge in [0.2, 0.25) is 5.91 Å². The summed E-state index contributed by atoms with van der Waals surface area (Å²) in [5.74, 6) is -0.565. The number of hydrogen-bond acceptors (Lipinski definition) is 4. The van der Waals surface area contributed by atoms with Gasteiger partial charge in [0.25, 0.3) is 0 Å². The summed E-state index contributed by atoms with van der Waals surface area (Å²) in [5, 5.41) is 20.2. The molecule has 1 aromatic rings. The van der Waals surface area contributed by atoms with Gasteiger partial charge in [0.1, 0.15) is 12.3 Å². The number of aromatic hydroxyl groups is 1. The van der Waals surface area contributed by atoms with Gasteiger partial charge in [-0.3, -0.25) is 14.5 Å².